The van der Waals surface area contributed by atoms with E-state index in [0.29, 0.717) is 30.8 Å². The van der Waals surface area contributed by atoms with Crippen molar-refractivity contribution in [2.75, 3.05) is 18.1 Å². The Labute approximate surface area is 189 Å². The molecule has 1 N–H and O–H groups in total. The fraction of sp³-hybridized carbons (Fsp3) is 0.259. The molecule has 0 fully saturated rings. The lowest BCUT2D eigenvalue weighted by Gasteiger charge is -2.29. The van der Waals surface area contributed by atoms with Crippen LogP contribution in [-0.4, -0.2) is 25.0 Å². The lowest BCUT2D eigenvalue weighted by Crippen LogP contribution is -2.37. The van der Waals surface area contributed by atoms with E-state index in [1.54, 1.807) is 17.0 Å². The minimum Gasteiger partial charge on any atom is -0.490 e. The van der Waals surface area contributed by atoms with Gasteiger partial charge in [-0.05, 0) is 52.9 Å². The van der Waals surface area contributed by atoms with Crippen LogP contribution in [0.15, 0.2) is 72.8 Å². The van der Waals surface area contributed by atoms with Gasteiger partial charge in [-0.3, -0.25) is 9.59 Å². The first-order valence-corrected chi connectivity index (χ1v) is 10.8. The van der Waals surface area contributed by atoms with Gasteiger partial charge in [-0.1, -0.05) is 57.2 Å². The van der Waals surface area contributed by atoms with Crippen LogP contribution in [-0.2, 0) is 12.0 Å². The highest BCUT2D eigenvalue weighted by molar-refractivity contribution is 6.07. The van der Waals surface area contributed by atoms with Gasteiger partial charge in [-0.15, -0.1) is 0 Å². The van der Waals surface area contributed by atoms with Gasteiger partial charge in [0, 0.05) is 17.7 Å². The SMILES string of the molecule is CC(C)(C)c1ccc(C(=O)NCc2ccc(C(=O)N3CCOc4ccccc43)cc2)cc1. The summed E-state index contributed by atoms with van der Waals surface area (Å²) in [6, 6.07) is 22.6. The van der Waals surface area contributed by atoms with E-state index in [-0.39, 0.29) is 17.2 Å². The van der Waals surface area contributed by atoms with Gasteiger partial charge in [0.2, 0.25) is 0 Å². The summed E-state index contributed by atoms with van der Waals surface area (Å²) in [6.07, 6.45) is 0. The number of carbonyl (C=O) groups excluding carboxylic acids is 2. The number of nitrogens with one attached hydrogen (secondary N) is 1. The van der Waals surface area contributed by atoms with E-state index >= 15 is 0 Å². The zero-order valence-corrected chi connectivity index (χ0v) is 18.7. The number of fused-ring (bicyclic) bond motifs is 1. The predicted octanol–water partition coefficient (Wildman–Crippen LogP) is 4.95. The third-order valence-corrected chi connectivity index (χ3v) is 5.64. The number of amides is 2. The zero-order valence-electron chi connectivity index (χ0n) is 18.7. The van der Waals surface area contributed by atoms with Gasteiger partial charge in [0.05, 0.1) is 12.2 Å². The lowest BCUT2D eigenvalue weighted by molar-refractivity contribution is 0.0948. The van der Waals surface area contributed by atoms with Crippen LogP contribution in [0, 0.1) is 0 Å². The van der Waals surface area contributed by atoms with Crippen molar-refractivity contribution in [2.45, 2.75) is 32.7 Å². The molecular formula is C27H28N2O3. The number of nitrogens with zero attached hydrogens (tertiary/aromatic N) is 1. The van der Waals surface area contributed by atoms with E-state index in [9.17, 15) is 9.59 Å². The Morgan fingerprint density at radius 3 is 2.25 bits per heavy atom. The molecule has 1 heterocycles. The molecule has 0 saturated heterocycles. The van der Waals surface area contributed by atoms with E-state index in [1.807, 2.05) is 60.7 Å². The Morgan fingerprint density at radius 2 is 1.56 bits per heavy atom. The van der Waals surface area contributed by atoms with Crippen LogP contribution >= 0.6 is 0 Å². The van der Waals surface area contributed by atoms with Crippen LogP contribution < -0.4 is 15.0 Å². The molecule has 4 rings (SSSR count). The fourth-order valence-corrected chi connectivity index (χ4v) is 3.71. The van der Waals surface area contributed by atoms with Crippen LogP contribution in [0.25, 0.3) is 0 Å². The average Bonchev–Trinajstić information content (AvgIpc) is 2.81. The van der Waals surface area contributed by atoms with Gasteiger partial charge in [0.25, 0.3) is 11.8 Å². The summed E-state index contributed by atoms with van der Waals surface area (Å²) in [6.45, 7) is 7.83. The Balaban J connectivity index is 1.38. The molecule has 2 amide bonds. The molecule has 0 aromatic heterocycles. The third kappa shape index (κ3) is 4.67. The molecule has 1 aliphatic rings. The van der Waals surface area contributed by atoms with Gasteiger partial charge < -0.3 is 15.0 Å². The predicted molar refractivity (Wildman–Crippen MR) is 126 cm³/mol. The van der Waals surface area contributed by atoms with Gasteiger partial charge in [0.1, 0.15) is 12.4 Å². The molecule has 3 aromatic rings. The van der Waals surface area contributed by atoms with Crippen LogP contribution in [0.2, 0.25) is 0 Å². The summed E-state index contributed by atoms with van der Waals surface area (Å²) < 4.78 is 5.64. The summed E-state index contributed by atoms with van der Waals surface area (Å²) in [7, 11) is 0. The third-order valence-electron chi connectivity index (χ3n) is 5.64. The van der Waals surface area contributed by atoms with Crippen molar-refractivity contribution in [3.8, 4) is 5.75 Å². The second-order valence-electron chi connectivity index (χ2n) is 8.98. The lowest BCUT2D eigenvalue weighted by atomic mass is 9.87. The van der Waals surface area contributed by atoms with E-state index in [4.69, 9.17) is 4.74 Å². The normalized spacial score (nSPS) is 13.2. The highest BCUT2D eigenvalue weighted by Crippen LogP contribution is 2.32. The maximum Gasteiger partial charge on any atom is 0.258 e. The van der Waals surface area contributed by atoms with Gasteiger partial charge in [-0.2, -0.15) is 0 Å². The van der Waals surface area contributed by atoms with Crippen molar-refractivity contribution >= 4 is 17.5 Å². The number of anilines is 1. The molecule has 1 aliphatic heterocycles. The quantitative estimate of drug-likeness (QED) is 0.639. The first-order valence-electron chi connectivity index (χ1n) is 10.8. The Kier molecular flexibility index (Phi) is 5.99. The summed E-state index contributed by atoms with van der Waals surface area (Å²) in [5.41, 5.74) is 4.21. The van der Waals surface area contributed by atoms with E-state index in [2.05, 4.69) is 26.1 Å². The number of ether oxygens (including phenoxy) is 1. The number of carbonyl (C=O) groups is 2. The van der Waals surface area contributed by atoms with Crippen molar-refractivity contribution in [1.82, 2.24) is 5.32 Å². The van der Waals surface area contributed by atoms with Gasteiger partial charge in [-0.25, -0.2) is 0 Å². The summed E-state index contributed by atoms with van der Waals surface area (Å²) in [4.78, 5) is 27.3. The minimum absolute atomic E-state index is 0.0531. The summed E-state index contributed by atoms with van der Waals surface area (Å²) in [5.74, 6) is 0.549. The maximum absolute atomic E-state index is 13.0. The molecule has 0 saturated carbocycles. The first kappa shape index (κ1) is 21.6. The largest absolute Gasteiger partial charge is 0.490 e. The fourth-order valence-electron chi connectivity index (χ4n) is 3.71. The monoisotopic (exact) mass is 428 g/mol. The molecule has 0 atom stereocenters. The van der Waals surface area contributed by atoms with Gasteiger partial charge >= 0.3 is 0 Å². The Morgan fingerprint density at radius 1 is 0.906 bits per heavy atom. The average molecular weight is 429 g/mol. The molecule has 5 heteroatoms. The molecular weight excluding hydrogens is 400 g/mol. The number of hydrogen-bond donors (Lipinski definition) is 1. The van der Waals surface area contributed by atoms with Crippen molar-refractivity contribution < 1.29 is 14.3 Å². The molecule has 5 nitrogen and oxygen atoms in total. The molecule has 0 unspecified atom stereocenters. The first-order chi connectivity index (χ1) is 15.3. The number of hydrogen-bond acceptors (Lipinski definition) is 3. The van der Waals surface area contributed by atoms with E-state index < -0.39 is 0 Å². The second-order valence-corrected chi connectivity index (χ2v) is 8.98. The maximum atomic E-state index is 13.0. The second kappa shape index (κ2) is 8.87. The van der Waals surface area contributed by atoms with Crippen LogP contribution in [0.1, 0.15) is 52.6 Å². The number of para-hydroxylation sites is 2. The van der Waals surface area contributed by atoms with Crippen molar-refractivity contribution in [1.29, 1.82) is 0 Å². The highest BCUT2D eigenvalue weighted by Gasteiger charge is 2.24. The topological polar surface area (TPSA) is 58.6 Å². The van der Waals surface area contributed by atoms with Crippen LogP contribution in [0.3, 0.4) is 0 Å². The van der Waals surface area contributed by atoms with Crippen LogP contribution in [0.4, 0.5) is 5.69 Å². The molecule has 164 valence electrons. The Bertz CT molecular complexity index is 1110. The molecule has 32 heavy (non-hydrogen) atoms. The van der Waals surface area contributed by atoms with E-state index in [0.717, 1.165) is 17.0 Å². The molecule has 0 bridgehead atoms. The smallest absolute Gasteiger partial charge is 0.258 e. The minimum atomic E-state index is -0.115. The zero-order chi connectivity index (χ0) is 22.7. The molecule has 0 spiro atoms. The summed E-state index contributed by atoms with van der Waals surface area (Å²) >= 11 is 0. The summed E-state index contributed by atoms with van der Waals surface area (Å²) in [5, 5.41) is 2.95. The van der Waals surface area contributed by atoms with Gasteiger partial charge in [0.15, 0.2) is 0 Å². The standard InChI is InChI=1S/C27H28N2O3/c1-27(2,3)22-14-12-20(13-15-22)25(30)28-18-19-8-10-21(11-9-19)26(31)29-16-17-32-24-7-5-4-6-23(24)29/h4-15H,16-18H2,1-3H3,(H,28,30). The molecule has 0 aliphatic carbocycles. The molecule has 0 radical (unpaired) electrons. The van der Waals surface area contributed by atoms with Crippen molar-refractivity contribution in [3.63, 3.8) is 0 Å². The van der Waals surface area contributed by atoms with Crippen molar-refractivity contribution in [2.24, 2.45) is 0 Å². The number of benzene rings is 3. The highest BCUT2D eigenvalue weighted by atomic mass is 16.5. The van der Waals surface area contributed by atoms with Crippen molar-refractivity contribution in [3.05, 3.63) is 95.1 Å². The molecule has 3 aromatic carbocycles. The van der Waals surface area contributed by atoms with E-state index in [1.165, 1.54) is 5.56 Å². The number of rotatable bonds is 4. The Hall–Kier alpha value is -3.60. The van der Waals surface area contributed by atoms with Crippen LogP contribution in [0.5, 0.6) is 5.75 Å².